The molecule has 1 atom stereocenters. The van der Waals surface area contributed by atoms with E-state index in [0.717, 1.165) is 36.0 Å². The van der Waals surface area contributed by atoms with Gasteiger partial charge in [-0.15, -0.1) is 5.10 Å². The van der Waals surface area contributed by atoms with E-state index in [9.17, 15) is 0 Å². The van der Waals surface area contributed by atoms with Crippen LogP contribution in [-0.2, 0) is 6.42 Å². The van der Waals surface area contributed by atoms with E-state index in [1.165, 1.54) is 5.56 Å². The molecule has 4 rings (SSSR count). The van der Waals surface area contributed by atoms with Crippen molar-refractivity contribution in [3.63, 3.8) is 0 Å². The number of nitrogens with two attached hydrogens (primary N) is 1. The Morgan fingerprint density at radius 2 is 2.10 bits per heavy atom. The van der Waals surface area contributed by atoms with Crippen LogP contribution in [0.5, 0.6) is 0 Å². The van der Waals surface area contributed by atoms with Crippen molar-refractivity contribution in [1.29, 1.82) is 0 Å². The summed E-state index contributed by atoms with van der Waals surface area (Å²) >= 11 is 0. The first-order valence-electron chi connectivity index (χ1n) is 6.87. The Balaban J connectivity index is 1.92. The normalized spacial score (nSPS) is 18.1. The summed E-state index contributed by atoms with van der Waals surface area (Å²) < 4.78 is 1.97. The Morgan fingerprint density at radius 1 is 1.20 bits per heavy atom. The first-order valence-corrected chi connectivity index (χ1v) is 6.87. The topological polar surface area (TPSA) is 69.6 Å². The number of nitrogens with zero attached hydrogens (tertiary/aromatic N) is 4. The van der Waals surface area contributed by atoms with Crippen LogP contribution >= 0.6 is 0 Å². The summed E-state index contributed by atoms with van der Waals surface area (Å²) in [5, 5.41) is 5.53. The molecule has 3 aromatic rings. The highest BCUT2D eigenvalue weighted by Crippen LogP contribution is 2.33. The number of benzene rings is 1. The standard InChI is InChI=1S/C15H15N5/c16-15-18-13-8-2-7-12(20(13)19-15)11-6-1-4-10-5-3-9-17-14(10)11/h1,3-6,9,12H,2,7-8H2,(H2,16,19). The number of anilines is 1. The molecule has 1 unspecified atom stereocenters. The highest BCUT2D eigenvalue weighted by atomic mass is 15.4. The van der Waals surface area contributed by atoms with Gasteiger partial charge in [-0.2, -0.15) is 4.98 Å². The maximum absolute atomic E-state index is 5.75. The fourth-order valence-corrected chi connectivity index (χ4v) is 3.05. The smallest absolute Gasteiger partial charge is 0.239 e. The van der Waals surface area contributed by atoms with E-state index in [2.05, 4.69) is 39.3 Å². The van der Waals surface area contributed by atoms with Crippen molar-refractivity contribution in [3.8, 4) is 0 Å². The summed E-state index contributed by atoms with van der Waals surface area (Å²) in [6, 6.07) is 10.5. The number of nitrogen functional groups attached to an aromatic ring is 1. The summed E-state index contributed by atoms with van der Waals surface area (Å²) in [7, 11) is 0. The summed E-state index contributed by atoms with van der Waals surface area (Å²) in [6.07, 6.45) is 4.93. The maximum atomic E-state index is 5.75. The van der Waals surface area contributed by atoms with E-state index in [1.807, 2.05) is 16.9 Å². The van der Waals surface area contributed by atoms with Crippen molar-refractivity contribution in [2.75, 3.05) is 5.73 Å². The van der Waals surface area contributed by atoms with Crippen molar-refractivity contribution in [2.24, 2.45) is 0 Å². The van der Waals surface area contributed by atoms with E-state index in [4.69, 9.17) is 5.73 Å². The van der Waals surface area contributed by atoms with Crippen molar-refractivity contribution in [3.05, 3.63) is 47.9 Å². The number of para-hydroxylation sites is 1. The maximum Gasteiger partial charge on any atom is 0.239 e. The van der Waals surface area contributed by atoms with Crippen LogP contribution < -0.4 is 5.73 Å². The largest absolute Gasteiger partial charge is 0.366 e. The second-order valence-corrected chi connectivity index (χ2v) is 5.16. The number of aromatic nitrogens is 4. The van der Waals surface area contributed by atoms with Crippen LogP contribution in [0, 0.1) is 0 Å². The Morgan fingerprint density at radius 3 is 3.05 bits per heavy atom. The molecular formula is C15H15N5. The Hall–Kier alpha value is -2.43. The highest BCUT2D eigenvalue weighted by molar-refractivity contribution is 5.82. The first kappa shape index (κ1) is 11.4. The molecule has 0 saturated carbocycles. The third kappa shape index (κ3) is 1.66. The SMILES string of the molecule is Nc1nc2n(n1)C(c1cccc3cccnc13)CCC2. The molecule has 0 bridgehead atoms. The lowest BCUT2D eigenvalue weighted by atomic mass is 9.95. The van der Waals surface area contributed by atoms with Gasteiger partial charge in [0.15, 0.2) is 0 Å². The minimum atomic E-state index is 0.183. The van der Waals surface area contributed by atoms with Crippen LogP contribution in [0.1, 0.15) is 30.3 Å². The lowest BCUT2D eigenvalue weighted by Gasteiger charge is -2.24. The summed E-state index contributed by atoms with van der Waals surface area (Å²) in [5.74, 6) is 1.34. The Labute approximate surface area is 116 Å². The van der Waals surface area contributed by atoms with Crippen LogP contribution in [0.3, 0.4) is 0 Å². The van der Waals surface area contributed by atoms with E-state index < -0.39 is 0 Å². The fraction of sp³-hybridized carbons (Fsp3) is 0.267. The molecule has 1 aliphatic heterocycles. The minimum Gasteiger partial charge on any atom is -0.366 e. The van der Waals surface area contributed by atoms with Gasteiger partial charge in [-0.25, -0.2) is 4.68 Å². The first-order chi connectivity index (χ1) is 9.83. The van der Waals surface area contributed by atoms with Gasteiger partial charge >= 0.3 is 0 Å². The fourth-order valence-electron chi connectivity index (χ4n) is 3.05. The van der Waals surface area contributed by atoms with Gasteiger partial charge in [-0.1, -0.05) is 24.3 Å². The van der Waals surface area contributed by atoms with Crippen LogP contribution in [0.4, 0.5) is 5.95 Å². The predicted molar refractivity (Wildman–Crippen MR) is 77.3 cm³/mol. The lowest BCUT2D eigenvalue weighted by Crippen LogP contribution is -2.20. The predicted octanol–water partition coefficient (Wildman–Crippen LogP) is 2.33. The number of hydrogen-bond acceptors (Lipinski definition) is 4. The monoisotopic (exact) mass is 265 g/mol. The Bertz CT molecular complexity index is 772. The number of pyridine rings is 1. The van der Waals surface area contributed by atoms with Crippen LogP contribution in [0.2, 0.25) is 0 Å². The molecule has 0 amide bonds. The molecule has 0 saturated heterocycles. The van der Waals surface area contributed by atoms with Crippen molar-refractivity contribution < 1.29 is 0 Å². The number of hydrogen-bond donors (Lipinski definition) is 1. The molecular weight excluding hydrogens is 250 g/mol. The molecule has 1 aromatic carbocycles. The van der Waals surface area contributed by atoms with Gasteiger partial charge in [0.2, 0.25) is 5.95 Å². The van der Waals surface area contributed by atoms with Crippen molar-refractivity contribution in [1.82, 2.24) is 19.7 Å². The highest BCUT2D eigenvalue weighted by Gasteiger charge is 2.25. The molecule has 3 heterocycles. The summed E-state index contributed by atoms with van der Waals surface area (Å²) in [6.45, 7) is 0. The molecule has 5 heteroatoms. The van der Waals surface area contributed by atoms with E-state index in [1.54, 1.807) is 0 Å². The van der Waals surface area contributed by atoms with Crippen molar-refractivity contribution in [2.45, 2.75) is 25.3 Å². The van der Waals surface area contributed by atoms with Crippen LogP contribution in [0.15, 0.2) is 36.5 Å². The molecule has 1 aliphatic rings. The van der Waals surface area contributed by atoms with Gasteiger partial charge in [-0.3, -0.25) is 4.98 Å². The molecule has 0 aliphatic carbocycles. The minimum absolute atomic E-state index is 0.183. The molecule has 0 radical (unpaired) electrons. The average Bonchev–Trinajstić information content (AvgIpc) is 2.87. The summed E-state index contributed by atoms with van der Waals surface area (Å²) in [4.78, 5) is 8.86. The zero-order valence-corrected chi connectivity index (χ0v) is 11.0. The van der Waals surface area contributed by atoms with Gasteiger partial charge in [0.1, 0.15) is 5.82 Å². The summed E-state index contributed by atoms with van der Waals surface area (Å²) in [5.41, 5.74) is 8.00. The van der Waals surface area contributed by atoms with E-state index in [0.29, 0.717) is 5.95 Å². The molecule has 0 spiro atoms. The van der Waals surface area contributed by atoms with Crippen LogP contribution in [0.25, 0.3) is 10.9 Å². The Kier molecular flexibility index (Phi) is 2.45. The van der Waals surface area contributed by atoms with Gasteiger partial charge in [-0.05, 0) is 18.9 Å². The van der Waals surface area contributed by atoms with E-state index in [-0.39, 0.29) is 6.04 Å². The second kappa shape index (κ2) is 4.30. The van der Waals surface area contributed by atoms with Gasteiger partial charge in [0.25, 0.3) is 0 Å². The average molecular weight is 265 g/mol. The number of fused-ring (bicyclic) bond motifs is 2. The lowest BCUT2D eigenvalue weighted by molar-refractivity contribution is 0.414. The molecule has 5 nitrogen and oxygen atoms in total. The van der Waals surface area contributed by atoms with Gasteiger partial charge < -0.3 is 5.73 Å². The van der Waals surface area contributed by atoms with Gasteiger partial charge in [0, 0.05) is 23.6 Å². The third-order valence-electron chi connectivity index (χ3n) is 3.91. The van der Waals surface area contributed by atoms with E-state index >= 15 is 0 Å². The second-order valence-electron chi connectivity index (χ2n) is 5.16. The number of aryl methyl sites for hydroxylation is 1. The van der Waals surface area contributed by atoms with Gasteiger partial charge in [0.05, 0.1) is 11.6 Å². The molecule has 2 aromatic heterocycles. The number of rotatable bonds is 1. The third-order valence-corrected chi connectivity index (χ3v) is 3.91. The zero-order valence-electron chi connectivity index (χ0n) is 11.0. The van der Waals surface area contributed by atoms with Crippen molar-refractivity contribution >= 4 is 16.9 Å². The molecule has 0 fully saturated rings. The molecule has 2 N–H and O–H groups in total. The molecule has 100 valence electrons. The quantitative estimate of drug-likeness (QED) is 0.733. The molecule has 20 heavy (non-hydrogen) atoms. The van der Waals surface area contributed by atoms with Crippen LogP contribution in [-0.4, -0.2) is 19.7 Å². The zero-order chi connectivity index (χ0) is 13.5.